The molecule has 0 aliphatic carbocycles. The summed E-state index contributed by atoms with van der Waals surface area (Å²) in [7, 11) is 0. The van der Waals surface area contributed by atoms with Gasteiger partial charge in [0.25, 0.3) is 5.56 Å². The summed E-state index contributed by atoms with van der Waals surface area (Å²) in [6, 6.07) is 7.05. The number of aromatic nitrogens is 2. The summed E-state index contributed by atoms with van der Waals surface area (Å²) in [4.78, 5) is 29.1. The van der Waals surface area contributed by atoms with Gasteiger partial charge in [0.05, 0.1) is 23.3 Å². The first-order valence-corrected chi connectivity index (χ1v) is 9.75. The molecule has 7 nitrogen and oxygen atoms in total. The molecule has 0 bridgehead atoms. The molecular weight excluding hydrogens is 445 g/mol. The predicted molar refractivity (Wildman–Crippen MR) is 108 cm³/mol. The highest BCUT2D eigenvalue weighted by atomic mass is 79.9. The van der Waals surface area contributed by atoms with Gasteiger partial charge in [0.1, 0.15) is 25.6 Å². The molecular formula is C20H17BrFN3O4. The van der Waals surface area contributed by atoms with Crippen LogP contribution >= 0.6 is 15.9 Å². The molecule has 1 atom stereocenters. The lowest BCUT2D eigenvalue weighted by molar-refractivity contribution is -0.122. The second-order valence-electron chi connectivity index (χ2n) is 6.65. The topological polar surface area (TPSA) is 82.5 Å². The highest BCUT2D eigenvalue weighted by Crippen LogP contribution is 2.37. The molecule has 1 aliphatic rings. The number of rotatable bonds is 4. The number of nitrogens with zero attached hydrogens (tertiary/aromatic N) is 2. The maximum absolute atomic E-state index is 13.4. The third kappa shape index (κ3) is 3.95. The van der Waals surface area contributed by atoms with Crippen LogP contribution in [0, 0.1) is 5.82 Å². The molecule has 9 heteroatoms. The lowest BCUT2D eigenvalue weighted by Gasteiger charge is -2.22. The summed E-state index contributed by atoms with van der Waals surface area (Å²) in [5, 5.41) is 2.98. The van der Waals surface area contributed by atoms with Crippen molar-refractivity contribution in [2.24, 2.45) is 0 Å². The molecule has 0 saturated heterocycles. The van der Waals surface area contributed by atoms with Crippen molar-refractivity contribution >= 4 is 32.7 Å². The normalized spacial score (nSPS) is 13.9. The van der Waals surface area contributed by atoms with E-state index < -0.39 is 11.4 Å². The van der Waals surface area contributed by atoms with Gasteiger partial charge in [0, 0.05) is 4.47 Å². The molecule has 1 aromatic heterocycles. The second kappa shape index (κ2) is 7.82. The van der Waals surface area contributed by atoms with E-state index in [1.165, 1.54) is 18.5 Å². The van der Waals surface area contributed by atoms with Crippen molar-refractivity contribution in [3.63, 3.8) is 0 Å². The fourth-order valence-corrected chi connectivity index (χ4v) is 3.84. The lowest BCUT2D eigenvalue weighted by atomic mass is 10.1. The molecule has 4 rings (SSSR count). The van der Waals surface area contributed by atoms with Crippen LogP contribution in [0.15, 0.2) is 45.9 Å². The first-order valence-electron chi connectivity index (χ1n) is 8.95. The Hall–Kier alpha value is -2.94. The maximum atomic E-state index is 13.4. The van der Waals surface area contributed by atoms with Gasteiger partial charge in [-0.1, -0.05) is 15.9 Å². The predicted octanol–water partition coefficient (Wildman–Crippen LogP) is 2.95. The highest BCUT2D eigenvalue weighted by molar-refractivity contribution is 9.10. The minimum Gasteiger partial charge on any atom is -0.486 e. The first kappa shape index (κ1) is 19.4. The molecule has 2 heterocycles. The van der Waals surface area contributed by atoms with Crippen molar-refractivity contribution in [1.82, 2.24) is 14.9 Å². The van der Waals surface area contributed by atoms with E-state index in [0.717, 1.165) is 20.7 Å². The number of hydrogen-bond acceptors (Lipinski definition) is 5. The van der Waals surface area contributed by atoms with Gasteiger partial charge >= 0.3 is 0 Å². The SMILES string of the molecule is CC(NC(=O)Cn1cnc2ccc(F)cc2c1=O)c1cc2c(cc1Br)OCCO2. The number of carbonyl (C=O) groups is 1. The van der Waals surface area contributed by atoms with Gasteiger partial charge in [0.2, 0.25) is 5.91 Å². The number of hydrogen-bond donors (Lipinski definition) is 1. The Morgan fingerprint density at radius 3 is 2.76 bits per heavy atom. The van der Waals surface area contributed by atoms with Crippen molar-refractivity contribution in [1.29, 1.82) is 0 Å². The van der Waals surface area contributed by atoms with Crippen LogP contribution in [-0.2, 0) is 11.3 Å². The van der Waals surface area contributed by atoms with Gasteiger partial charge < -0.3 is 14.8 Å². The average Bonchev–Trinajstić information content (AvgIpc) is 2.70. The highest BCUT2D eigenvalue weighted by Gasteiger charge is 2.19. The molecule has 29 heavy (non-hydrogen) atoms. The van der Waals surface area contributed by atoms with Gasteiger partial charge in [0.15, 0.2) is 11.5 Å². The zero-order chi connectivity index (χ0) is 20.5. The van der Waals surface area contributed by atoms with Crippen LogP contribution in [-0.4, -0.2) is 28.7 Å². The molecule has 3 aromatic rings. The second-order valence-corrected chi connectivity index (χ2v) is 7.50. The van der Waals surface area contributed by atoms with Gasteiger partial charge in [-0.2, -0.15) is 0 Å². The van der Waals surface area contributed by atoms with E-state index in [0.29, 0.717) is 30.2 Å². The Bertz CT molecular complexity index is 1160. The van der Waals surface area contributed by atoms with Gasteiger partial charge in [-0.05, 0) is 42.8 Å². The standard InChI is InChI=1S/C20H17BrFN3O4/c1-11(13-7-17-18(8-15(13)21)29-5-4-28-17)24-19(26)9-25-10-23-16-3-2-12(22)6-14(16)20(25)27/h2-3,6-8,10-11H,4-5,9H2,1H3,(H,24,26). The third-order valence-electron chi connectivity index (χ3n) is 4.61. The van der Waals surface area contributed by atoms with Crippen LogP contribution in [0.5, 0.6) is 11.5 Å². The smallest absolute Gasteiger partial charge is 0.261 e. The molecule has 0 spiro atoms. The Labute approximate surface area is 173 Å². The van der Waals surface area contributed by atoms with Crippen LogP contribution in [0.3, 0.4) is 0 Å². The zero-order valence-electron chi connectivity index (χ0n) is 15.4. The first-order chi connectivity index (χ1) is 13.9. The summed E-state index contributed by atoms with van der Waals surface area (Å²) in [5.41, 5.74) is 0.716. The van der Waals surface area contributed by atoms with Crippen molar-refractivity contribution in [3.05, 3.63) is 62.9 Å². The van der Waals surface area contributed by atoms with E-state index in [4.69, 9.17) is 9.47 Å². The molecule has 2 aromatic carbocycles. The number of nitrogens with one attached hydrogen (secondary N) is 1. The van der Waals surface area contributed by atoms with E-state index in [-0.39, 0.29) is 23.9 Å². The van der Waals surface area contributed by atoms with E-state index in [1.807, 2.05) is 13.0 Å². The largest absolute Gasteiger partial charge is 0.486 e. The van der Waals surface area contributed by atoms with E-state index in [9.17, 15) is 14.0 Å². The summed E-state index contributed by atoms with van der Waals surface area (Å²) in [5.74, 6) is 0.355. The molecule has 0 saturated carbocycles. The summed E-state index contributed by atoms with van der Waals surface area (Å²) in [6.07, 6.45) is 1.28. The maximum Gasteiger partial charge on any atom is 0.261 e. The van der Waals surface area contributed by atoms with Crippen LogP contribution in [0.2, 0.25) is 0 Å². The number of fused-ring (bicyclic) bond motifs is 2. The Morgan fingerprint density at radius 1 is 1.28 bits per heavy atom. The Kier molecular flexibility index (Phi) is 5.23. The lowest BCUT2D eigenvalue weighted by Crippen LogP contribution is -2.34. The van der Waals surface area contributed by atoms with E-state index >= 15 is 0 Å². The molecule has 1 amide bonds. The average molecular weight is 462 g/mol. The summed E-state index contributed by atoms with van der Waals surface area (Å²) >= 11 is 3.49. The molecule has 1 N–H and O–H groups in total. The quantitative estimate of drug-likeness (QED) is 0.645. The van der Waals surface area contributed by atoms with Gasteiger partial charge in [-0.3, -0.25) is 14.2 Å². The monoisotopic (exact) mass is 461 g/mol. The molecule has 1 aliphatic heterocycles. The van der Waals surface area contributed by atoms with Gasteiger partial charge in [-0.15, -0.1) is 0 Å². The summed E-state index contributed by atoms with van der Waals surface area (Å²) < 4.78 is 26.5. The van der Waals surface area contributed by atoms with Gasteiger partial charge in [-0.25, -0.2) is 9.37 Å². The number of halogens is 2. The zero-order valence-corrected chi connectivity index (χ0v) is 17.0. The number of carbonyl (C=O) groups excluding carboxylic acids is 1. The minimum atomic E-state index is -0.532. The fraction of sp³-hybridized carbons (Fsp3) is 0.250. The Morgan fingerprint density at radius 2 is 2.00 bits per heavy atom. The van der Waals surface area contributed by atoms with Crippen molar-refractivity contribution in [2.45, 2.75) is 19.5 Å². The molecule has 0 fully saturated rings. The van der Waals surface area contributed by atoms with Crippen LogP contribution < -0.4 is 20.3 Å². The van der Waals surface area contributed by atoms with E-state index in [2.05, 4.69) is 26.2 Å². The Balaban J connectivity index is 1.52. The van der Waals surface area contributed by atoms with Crippen molar-refractivity contribution in [3.8, 4) is 11.5 Å². The third-order valence-corrected chi connectivity index (χ3v) is 5.29. The fourth-order valence-electron chi connectivity index (χ4n) is 3.17. The number of benzene rings is 2. The summed E-state index contributed by atoms with van der Waals surface area (Å²) in [6.45, 7) is 2.55. The van der Waals surface area contributed by atoms with Crippen LogP contribution in [0.4, 0.5) is 4.39 Å². The number of amides is 1. The number of ether oxygens (including phenoxy) is 2. The van der Waals surface area contributed by atoms with E-state index in [1.54, 1.807) is 6.07 Å². The van der Waals surface area contributed by atoms with Crippen molar-refractivity contribution in [2.75, 3.05) is 13.2 Å². The van der Waals surface area contributed by atoms with Crippen molar-refractivity contribution < 1.29 is 18.7 Å². The molecule has 1 unspecified atom stereocenters. The van der Waals surface area contributed by atoms with Crippen LogP contribution in [0.1, 0.15) is 18.5 Å². The molecule has 0 radical (unpaired) electrons. The van der Waals surface area contributed by atoms with Crippen LogP contribution in [0.25, 0.3) is 10.9 Å². The molecule has 150 valence electrons. The minimum absolute atomic E-state index is 0.128.